The predicted octanol–water partition coefficient (Wildman–Crippen LogP) is 5.08. The summed E-state index contributed by atoms with van der Waals surface area (Å²) in [5.41, 5.74) is 3.67. The van der Waals surface area contributed by atoms with Crippen molar-refractivity contribution in [1.29, 1.82) is 0 Å². The number of pyridine rings is 1. The fraction of sp³-hybridized carbons (Fsp3) is 0.125. The molecule has 6 nitrogen and oxygen atoms in total. The van der Waals surface area contributed by atoms with Crippen LogP contribution in [0, 0.1) is 6.92 Å². The van der Waals surface area contributed by atoms with Gasteiger partial charge in [0, 0.05) is 6.07 Å². The van der Waals surface area contributed by atoms with Crippen LogP contribution in [0.15, 0.2) is 85.2 Å². The lowest BCUT2D eigenvalue weighted by Gasteiger charge is -2.14. The maximum Gasteiger partial charge on any atom is 0.241 e. The maximum absolute atomic E-state index is 6.01. The molecule has 1 N–H and O–H groups in total. The minimum absolute atomic E-state index is 0.393. The van der Waals surface area contributed by atoms with Crippen molar-refractivity contribution < 1.29 is 9.47 Å². The summed E-state index contributed by atoms with van der Waals surface area (Å²) in [6, 6.07) is 23.6. The van der Waals surface area contributed by atoms with Gasteiger partial charge in [0.2, 0.25) is 11.8 Å². The van der Waals surface area contributed by atoms with Gasteiger partial charge in [-0.05, 0) is 24.1 Å². The van der Waals surface area contributed by atoms with E-state index in [-0.39, 0.29) is 0 Å². The second-order valence-corrected chi connectivity index (χ2v) is 6.72. The Bertz CT molecular complexity index is 1070. The number of nitrogens with one attached hydrogen (secondary N) is 1. The quantitative estimate of drug-likeness (QED) is 0.446. The number of hydrogen-bond acceptors (Lipinski definition) is 6. The van der Waals surface area contributed by atoms with E-state index in [1.165, 1.54) is 0 Å². The van der Waals surface area contributed by atoms with Crippen LogP contribution in [0.3, 0.4) is 0 Å². The third-order valence-electron chi connectivity index (χ3n) is 4.33. The van der Waals surface area contributed by atoms with Gasteiger partial charge in [-0.25, -0.2) is 4.98 Å². The molecule has 0 atom stereocenters. The monoisotopic (exact) mass is 398 g/mol. The number of aryl methyl sites for hydroxylation is 1. The van der Waals surface area contributed by atoms with Crippen molar-refractivity contribution in [3.8, 4) is 11.8 Å². The summed E-state index contributed by atoms with van der Waals surface area (Å²) in [7, 11) is 0. The first-order valence-electron chi connectivity index (χ1n) is 9.66. The lowest BCUT2D eigenvalue weighted by Crippen LogP contribution is -2.04. The highest BCUT2D eigenvalue weighted by Gasteiger charge is 2.10. The Morgan fingerprint density at radius 1 is 0.733 bits per heavy atom. The van der Waals surface area contributed by atoms with Crippen molar-refractivity contribution in [3.63, 3.8) is 0 Å². The lowest BCUT2D eigenvalue weighted by molar-refractivity contribution is 0.269. The summed E-state index contributed by atoms with van der Waals surface area (Å²) in [6.45, 7) is 2.72. The number of hydrogen-bond donors (Lipinski definition) is 1. The number of ether oxygens (including phenoxy) is 2. The highest BCUT2D eigenvalue weighted by molar-refractivity contribution is 5.62. The predicted molar refractivity (Wildman–Crippen MR) is 116 cm³/mol. The zero-order valence-corrected chi connectivity index (χ0v) is 16.7. The Morgan fingerprint density at radius 3 is 2.03 bits per heavy atom. The van der Waals surface area contributed by atoms with Gasteiger partial charge in [0.1, 0.15) is 24.7 Å². The molecular formula is C24H22N4O2. The number of anilines is 2. The van der Waals surface area contributed by atoms with Gasteiger partial charge in [-0.1, -0.05) is 60.7 Å². The molecule has 0 bridgehead atoms. The molecule has 0 aliphatic heterocycles. The fourth-order valence-corrected chi connectivity index (χ4v) is 2.76. The van der Waals surface area contributed by atoms with E-state index < -0.39 is 0 Å². The van der Waals surface area contributed by atoms with E-state index in [2.05, 4.69) is 20.3 Å². The van der Waals surface area contributed by atoms with Crippen LogP contribution < -0.4 is 14.8 Å². The Kier molecular flexibility index (Phi) is 6.15. The molecule has 6 heteroatoms. The lowest BCUT2D eigenvalue weighted by atomic mass is 10.2. The summed E-state index contributed by atoms with van der Waals surface area (Å²) in [5.74, 6) is 1.54. The van der Waals surface area contributed by atoms with Crippen LogP contribution in [0.4, 0.5) is 11.5 Å². The van der Waals surface area contributed by atoms with Gasteiger partial charge in [-0.3, -0.25) is 4.98 Å². The average Bonchev–Trinajstić information content (AvgIpc) is 2.80. The summed E-state index contributed by atoms with van der Waals surface area (Å²) in [5, 5.41) is 3.22. The number of aromatic nitrogens is 3. The largest absolute Gasteiger partial charge is 0.473 e. The number of nitrogens with zero attached hydrogens (tertiary/aromatic N) is 3. The van der Waals surface area contributed by atoms with Gasteiger partial charge in [0.15, 0.2) is 0 Å². The molecule has 150 valence electrons. The Hall–Kier alpha value is -3.93. The van der Waals surface area contributed by atoms with Crippen molar-refractivity contribution in [2.75, 3.05) is 5.32 Å². The van der Waals surface area contributed by atoms with Crippen molar-refractivity contribution in [2.24, 2.45) is 0 Å². The maximum atomic E-state index is 6.01. The van der Waals surface area contributed by atoms with E-state index in [4.69, 9.17) is 9.47 Å². The van der Waals surface area contributed by atoms with E-state index in [0.29, 0.717) is 36.5 Å². The molecule has 0 aliphatic carbocycles. The molecule has 30 heavy (non-hydrogen) atoms. The van der Waals surface area contributed by atoms with Crippen LogP contribution in [0.2, 0.25) is 0 Å². The van der Waals surface area contributed by atoms with Crippen LogP contribution >= 0.6 is 0 Å². The SMILES string of the molecule is Cc1cnc(Nc2ccc(OCc3ccccc3)nc2OCc2ccccc2)cn1. The van der Waals surface area contributed by atoms with E-state index >= 15 is 0 Å². The molecule has 0 aliphatic rings. The third-order valence-corrected chi connectivity index (χ3v) is 4.33. The minimum Gasteiger partial charge on any atom is -0.473 e. The van der Waals surface area contributed by atoms with Gasteiger partial charge in [-0.2, -0.15) is 4.98 Å². The standard InChI is InChI=1S/C24H22N4O2/c1-18-14-26-22(15-25-18)27-21-12-13-23(29-16-19-8-4-2-5-9-19)28-24(21)30-17-20-10-6-3-7-11-20/h2-15H,16-17H2,1H3,(H,26,27). The minimum atomic E-state index is 0.393. The molecule has 2 aromatic heterocycles. The van der Waals surface area contributed by atoms with Crippen LogP contribution in [0.5, 0.6) is 11.8 Å². The highest BCUT2D eigenvalue weighted by atomic mass is 16.5. The molecular weight excluding hydrogens is 376 g/mol. The van der Waals surface area contributed by atoms with Crippen molar-refractivity contribution >= 4 is 11.5 Å². The average molecular weight is 398 g/mol. The second kappa shape index (κ2) is 9.52. The molecule has 0 saturated carbocycles. The zero-order chi connectivity index (χ0) is 20.6. The van der Waals surface area contributed by atoms with Crippen LogP contribution in [0.1, 0.15) is 16.8 Å². The first kappa shape index (κ1) is 19.4. The zero-order valence-electron chi connectivity index (χ0n) is 16.7. The van der Waals surface area contributed by atoms with Crippen molar-refractivity contribution in [1.82, 2.24) is 15.0 Å². The molecule has 0 radical (unpaired) electrons. The van der Waals surface area contributed by atoms with Crippen LogP contribution in [-0.2, 0) is 13.2 Å². The molecule has 4 aromatic rings. The molecule has 0 saturated heterocycles. The number of rotatable bonds is 8. The highest BCUT2D eigenvalue weighted by Crippen LogP contribution is 2.28. The second-order valence-electron chi connectivity index (χ2n) is 6.72. The fourth-order valence-electron chi connectivity index (χ4n) is 2.76. The Morgan fingerprint density at radius 2 is 1.40 bits per heavy atom. The number of benzene rings is 2. The van der Waals surface area contributed by atoms with Gasteiger partial charge in [-0.15, -0.1) is 0 Å². The molecule has 2 heterocycles. The molecule has 2 aromatic carbocycles. The molecule has 0 fully saturated rings. The normalized spacial score (nSPS) is 10.4. The van der Waals surface area contributed by atoms with Crippen LogP contribution in [-0.4, -0.2) is 15.0 Å². The molecule has 0 spiro atoms. The van der Waals surface area contributed by atoms with Crippen molar-refractivity contribution in [2.45, 2.75) is 20.1 Å². The summed E-state index contributed by atoms with van der Waals surface area (Å²) < 4.78 is 11.9. The van der Waals surface area contributed by atoms with Crippen molar-refractivity contribution in [3.05, 3.63) is 102 Å². The van der Waals surface area contributed by atoms with E-state index in [1.54, 1.807) is 12.4 Å². The molecule has 4 rings (SSSR count). The first-order valence-corrected chi connectivity index (χ1v) is 9.66. The third kappa shape index (κ3) is 5.32. The molecule has 0 amide bonds. The Labute approximate surface area is 175 Å². The summed E-state index contributed by atoms with van der Waals surface area (Å²) in [6.07, 6.45) is 3.38. The van der Waals surface area contributed by atoms with Gasteiger partial charge in [0.05, 0.1) is 18.1 Å². The van der Waals surface area contributed by atoms with Gasteiger partial charge in [0.25, 0.3) is 0 Å². The molecule has 0 unspecified atom stereocenters. The smallest absolute Gasteiger partial charge is 0.241 e. The van der Waals surface area contributed by atoms with Gasteiger partial charge >= 0.3 is 0 Å². The van der Waals surface area contributed by atoms with Gasteiger partial charge < -0.3 is 14.8 Å². The summed E-state index contributed by atoms with van der Waals surface area (Å²) >= 11 is 0. The Balaban J connectivity index is 1.53. The first-order chi connectivity index (χ1) is 14.8. The van der Waals surface area contributed by atoms with E-state index in [9.17, 15) is 0 Å². The topological polar surface area (TPSA) is 69.2 Å². The van der Waals surface area contributed by atoms with E-state index in [0.717, 1.165) is 16.8 Å². The van der Waals surface area contributed by atoms with Crippen LogP contribution in [0.25, 0.3) is 0 Å². The summed E-state index contributed by atoms with van der Waals surface area (Å²) in [4.78, 5) is 13.2. The van der Waals surface area contributed by atoms with E-state index in [1.807, 2.05) is 79.7 Å².